The topological polar surface area (TPSA) is 46.6 Å². The minimum Gasteiger partial charge on any atom is -0.466 e. The van der Waals surface area contributed by atoms with E-state index in [0.717, 1.165) is 11.1 Å². The molecule has 0 aliphatic rings. The van der Waals surface area contributed by atoms with Crippen LogP contribution in [0.5, 0.6) is 0 Å². The van der Waals surface area contributed by atoms with Gasteiger partial charge in [0.15, 0.2) is 0 Å². The molecule has 0 radical (unpaired) electrons. The Morgan fingerprint density at radius 2 is 1.48 bits per heavy atom. The van der Waals surface area contributed by atoms with Gasteiger partial charge in [-0.25, -0.2) is 0 Å². The number of ether oxygens (including phenoxy) is 1. The van der Waals surface area contributed by atoms with Crippen LogP contribution in [0.15, 0.2) is 60.7 Å². The molecular formula is C21H25NO3. The molecule has 0 saturated heterocycles. The van der Waals surface area contributed by atoms with Crippen molar-refractivity contribution < 1.29 is 14.3 Å². The normalized spacial score (nSPS) is 10.5. The molecule has 2 rings (SSSR count). The maximum absolute atomic E-state index is 12.6. The second-order valence-corrected chi connectivity index (χ2v) is 5.95. The van der Waals surface area contributed by atoms with E-state index in [-0.39, 0.29) is 24.2 Å². The number of amides is 1. The summed E-state index contributed by atoms with van der Waals surface area (Å²) in [5, 5.41) is 0. The summed E-state index contributed by atoms with van der Waals surface area (Å²) in [5.41, 5.74) is 2.22. The van der Waals surface area contributed by atoms with Crippen LogP contribution in [0.3, 0.4) is 0 Å². The number of carbonyl (C=O) groups excluding carboxylic acids is 2. The molecule has 0 unspecified atom stereocenters. The van der Waals surface area contributed by atoms with Gasteiger partial charge in [0.2, 0.25) is 5.91 Å². The highest BCUT2D eigenvalue weighted by Gasteiger charge is 2.20. The number of esters is 1. The fourth-order valence-electron chi connectivity index (χ4n) is 2.75. The zero-order valence-corrected chi connectivity index (χ0v) is 14.9. The summed E-state index contributed by atoms with van der Waals surface area (Å²) in [6, 6.07) is 20.1. The van der Waals surface area contributed by atoms with Crippen molar-refractivity contribution in [2.45, 2.75) is 25.7 Å². The van der Waals surface area contributed by atoms with Crippen molar-refractivity contribution >= 4 is 11.9 Å². The van der Waals surface area contributed by atoms with Crippen LogP contribution in [-0.4, -0.2) is 37.0 Å². The van der Waals surface area contributed by atoms with Crippen LogP contribution in [-0.2, 0) is 14.3 Å². The predicted molar refractivity (Wildman–Crippen MR) is 98.2 cm³/mol. The maximum Gasteiger partial charge on any atom is 0.307 e. The quantitative estimate of drug-likeness (QED) is 0.690. The summed E-state index contributed by atoms with van der Waals surface area (Å²) in [4.78, 5) is 25.7. The summed E-state index contributed by atoms with van der Waals surface area (Å²) < 4.78 is 4.91. The molecule has 4 nitrogen and oxygen atoms in total. The fourth-order valence-corrected chi connectivity index (χ4v) is 2.75. The van der Waals surface area contributed by atoms with Crippen molar-refractivity contribution in [3.8, 4) is 0 Å². The third-order valence-electron chi connectivity index (χ3n) is 4.17. The minimum atomic E-state index is -0.273. The summed E-state index contributed by atoms with van der Waals surface area (Å²) in [7, 11) is 1.73. The first-order valence-corrected chi connectivity index (χ1v) is 8.61. The van der Waals surface area contributed by atoms with Crippen molar-refractivity contribution in [3.05, 3.63) is 71.8 Å². The van der Waals surface area contributed by atoms with Crippen LogP contribution in [0.25, 0.3) is 0 Å². The van der Waals surface area contributed by atoms with E-state index in [4.69, 9.17) is 4.74 Å². The Labute approximate surface area is 149 Å². The Balaban J connectivity index is 2.06. The van der Waals surface area contributed by atoms with Crippen molar-refractivity contribution in [3.63, 3.8) is 0 Å². The van der Waals surface area contributed by atoms with Crippen molar-refractivity contribution in [1.29, 1.82) is 0 Å². The van der Waals surface area contributed by atoms with Gasteiger partial charge in [0, 0.05) is 25.9 Å². The highest BCUT2D eigenvalue weighted by Crippen LogP contribution is 2.28. The fraction of sp³-hybridized carbons (Fsp3) is 0.333. The number of hydrogen-bond donors (Lipinski definition) is 0. The SMILES string of the molecule is CCOC(=O)CCN(C)C(=O)CC(c1ccccc1)c1ccccc1. The molecule has 0 N–H and O–H groups in total. The molecule has 0 aromatic heterocycles. The molecule has 25 heavy (non-hydrogen) atoms. The van der Waals surface area contributed by atoms with Gasteiger partial charge in [-0.15, -0.1) is 0 Å². The summed E-state index contributed by atoms with van der Waals surface area (Å²) in [6.45, 7) is 2.51. The van der Waals surface area contributed by atoms with Gasteiger partial charge < -0.3 is 9.64 Å². The van der Waals surface area contributed by atoms with E-state index in [1.165, 1.54) is 0 Å². The molecule has 0 spiro atoms. The van der Waals surface area contributed by atoms with Crippen LogP contribution < -0.4 is 0 Å². The second kappa shape index (κ2) is 9.62. The van der Waals surface area contributed by atoms with E-state index in [1.54, 1.807) is 18.9 Å². The molecular weight excluding hydrogens is 314 g/mol. The monoisotopic (exact) mass is 339 g/mol. The van der Waals surface area contributed by atoms with E-state index < -0.39 is 0 Å². The molecule has 0 atom stereocenters. The Morgan fingerprint density at radius 3 is 1.96 bits per heavy atom. The molecule has 0 saturated carbocycles. The predicted octanol–water partition coefficient (Wildman–Crippen LogP) is 3.62. The number of nitrogens with zero attached hydrogens (tertiary/aromatic N) is 1. The van der Waals surface area contributed by atoms with Gasteiger partial charge in [-0.2, -0.15) is 0 Å². The lowest BCUT2D eigenvalue weighted by atomic mass is 9.88. The van der Waals surface area contributed by atoms with Crippen LogP contribution in [0.1, 0.15) is 36.8 Å². The first kappa shape index (κ1) is 18.7. The molecule has 0 aliphatic heterocycles. The summed E-state index contributed by atoms with van der Waals surface area (Å²) in [5.74, 6) is -0.258. The number of benzene rings is 2. The average molecular weight is 339 g/mol. The van der Waals surface area contributed by atoms with Gasteiger partial charge >= 0.3 is 5.97 Å². The Morgan fingerprint density at radius 1 is 0.960 bits per heavy atom. The average Bonchev–Trinajstić information content (AvgIpc) is 2.65. The largest absolute Gasteiger partial charge is 0.466 e. The Bertz CT molecular complexity index is 631. The van der Waals surface area contributed by atoms with Gasteiger partial charge in [-0.05, 0) is 18.1 Å². The highest BCUT2D eigenvalue weighted by atomic mass is 16.5. The zero-order chi connectivity index (χ0) is 18.1. The number of carbonyl (C=O) groups is 2. The Kier molecular flexibility index (Phi) is 7.20. The van der Waals surface area contributed by atoms with E-state index >= 15 is 0 Å². The lowest BCUT2D eigenvalue weighted by Gasteiger charge is -2.22. The minimum absolute atomic E-state index is 0.0000525. The van der Waals surface area contributed by atoms with Crippen LogP contribution >= 0.6 is 0 Å². The lowest BCUT2D eigenvalue weighted by molar-refractivity contribution is -0.143. The number of rotatable bonds is 8. The van der Waals surface area contributed by atoms with Crippen LogP contribution in [0.2, 0.25) is 0 Å². The van der Waals surface area contributed by atoms with E-state index in [1.807, 2.05) is 60.7 Å². The van der Waals surface area contributed by atoms with Gasteiger partial charge in [0.05, 0.1) is 13.0 Å². The van der Waals surface area contributed by atoms with Crippen molar-refractivity contribution in [2.75, 3.05) is 20.2 Å². The highest BCUT2D eigenvalue weighted by molar-refractivity contribution is 5.78. The Hall–Kier alpha value is -2.62. The third-order valence-corrected chi connectivity index (χ3v) is 4.17. The molecule has 0 aliphatic carbocycles. The van der Waals surface area contributed by atoms with Crippen molar-refractivity contribution in [2.24, 2.45) is 0 Å². The standard InChI is InChI=1S/C21H25NO3/c1-3-25-21(24)14-15-22(2)20(23)16-19(17-10-6-4-7-11-17)18-12-8-5-9-13-18/h4-13,19H,3,14-16H2,1-2H3. The first-order chi connectivity index (χ1) is 12.1. The third kappa shape index (κ3) is 5.75. The van der Waals surface area contributed by atoms with Gasteiger partial charge in [-0.3, -0.25) is 9.59 Å². The molecule has 0 fully saturated rings. The van der Waals surface area contributed by atoms with E-state index in [2.05, 4.69) is 0 Å². The summed E-state index contributed by atoms with van der Waals surface area (Å²) >= 11 is 0. The van der Waals surface area contributed by atoms with Crippen LogP contribution in [0.4, 0.5) is 0 Å². The molecule has 0 bridgehead atoms. The molecule has 132 valence electrons. The number of hydrogen-bond acceptors (Lipinski definition) is 3. The summed E-state index contributed by atoms with van der Waals surface area (Å²) in [6.07, 6.45) is 0.588. The first-order valence-electron chi connectivity index (χ1n) is 8.61. The van der Waals surface area contributed by atoms with Gasteiger partial charge in [0.1, 0.15) is 0 Å². The maximum atomic E-state index is 12.6. The van der Waals surface area contributed by atoms with E-state index in [0.29, 0.717) is 19.6 Å². The second-order valence-electron chi connectivity index (χ2n) is 5.95. The van der Waals surface area contributed by atoms with E-state index in [9.17, 15) is 9.59 Å². The molecule has 1 amide bonds. The molecule has 4 heteroatoms. The van der Waals surface area contributed by atoms with Crippen LogP contribution in [0, 0.1) is 0 Å². The molecule has 2 aromatic carbocycles. The molecule has 0 heterocycles. The van der Waals surface area contributed by atoms with Gasteiger partial charge in [-0.1, -0.05) is 60.7 Å². The zero-order valence-electron chi connectivity index (χ0n) is 14.9. The van der Waals surface area contributed by atoms with Gasteiger partial charge in [0.25, 0.3) is 0 Å². The lowest BCUT2D eigenvalue weighted by Crippen LogP contribution is -2.30. The molecule has 2 aromatic rings. The van der Waals surface area contributed by atoms with Crippen molar-refractivity contribution in [1.82, 2.24) is 4.90 Å². The smallest absolute Gasteiger partial charge is 0.307 e.